The van der Waals surface area contributed by atoms with Crippen LogP contribution in [0.5, 0.6) is 0 Å². The number of nitrogens with one attached hydrogen (secondary N) is 1. The number of nitrogens with two attached hydrogens (primary N) is 1. The van der Waals surface area contributed by atoms with Crippen LogP contribution in [0.3, 0.4) is 0 Å². The smallest absolute Gasteiger partial charge is 0.269 e. The summed E-state index contributed by atoms with van der Waals surface area (Å²) in [7, 11) is 0. The third-order valence-electron chi connectivity index (χ3n) is 5.46. The zero-order valence-electron chi connectivity index (χ0n) is 16.4. The quantitative estimate of drug-likeness (QED) is 0.467. The number of primary amides is 1. The summed E-state index contributed by atoms with van der Waals surface area (Å²) in [4.78, 5) is 22.6. The molecule has 0 saturated heterocycles. The summed E-state index contributed by atoms with van der Waals surface area (Å²) in [6.07, 6.45) is 0.119. The number of rotatable bonds is 5. The van der Waals surface area contributed by atoms with Crippen molar-refractivity contribution >= 4 is 45.5 Å². The van der Waals surface area contributed by atoms with Crippen molar-refractivity contribution in [2.75, 3.05) is 10.8 Å². The fourth-order valence-electron chi connectivity index (χ4n) is 4.08. The zero-order valence-corrected chi connectivity index (χ0v) is 17.2. The number of hydrazine groups is 1. The molecule has 2 aliphatic rings. The van der Waals surface area contributed by atoms with Crippen LogP contribution in [0.1, 0.15) is 11.1 Å². The standard InChI is InChI=1S/C23H18N4O3S/c24-22(28)11-19-17-4-2-1-3-14(17)5-10-18(19)23-20-12-31-13-21(20)25-26(23)15-6-8-16(9-7-15)27(29)30/h1-10,13,25H,11-12H2,(H2,24,28). The van der Waals surface area contributed by atoms with Gasteiger partial charge in [0, 0.05) is 29.0 Å². The van der Waals surface area contributed by atoms with Gasteiger partial charge in [-0.15, -0.1) is 11.8 Å². The van der Waals surface area contributed by atoms with E-state index < -0.39 is 10.8 Å². The normalized spacial score (nSPS) is 15.1. The highest BCUT2D eigenvalue weighted by molar-refractivity contribution is 8.02. The average Bonchev–Trinajstić information content (AvgIpc) is 3.35. The summed E-state index contributed by atoms with van der Waals surface area (Å²) < 4.78 is 0. The van der Waals surface area contributed by atoms with Crippen LogP contribution in [0.25, 0.3) is 16.5 Å². The molecule has 31 heavy (non-hydrogen) atoms. The predicted molar refractivity (Wildman–Crippen MR) is 123 cm³/mol. The lowest BCUT2D eigenvalue weighted by Crippen LogP contribution is -2.30. The molecule has 0 spiro atoms. The maximum atomic E-state index is 12.0. The van der Waals surface area contributed by atoms with E-state index in [0.717, 1.165) is 50.3 Å². The molecule has 3 aromatic carbocycles. The summed E-state index contributed by atoms with van der Waals surface area (Å²) in [6, 6.07) is 18.4. The maximum absolute atomic E-state index is 12.0. The van der Waals surface area contributed by atoms with Gasteiger partial charge in [0.25, 0.3) is 5.69 Å². The maximum Gasteiger partial charge on any atom is 0.269 e. The Morgan fingerprint density at radius 3 is 2.65 bits per heavy atom. The Bertz CT molecular complexity index is 1300. The lowest BCUT2D eigenvalue weighted by molar-refractivity contribution is -0.384. The van der Waals surface area contributed by atoms with Crippen molar-refractivity contribution in [3.63, 3.8) is 0 Å². The number of allylic oxidation sites excluding steroid dienone is 1. The van der Waals surface area contributed by atoms with E-state index in [2.05, 4.69) is 10.8 Å². The second-order valence-corrected chi connectivity index (χ2v) is 8.20. The highest BCUT2D eigenvalue weighted by Gasteiger charge is 2.33. The molecule has 8 heteroatoms. The average molecular weight is 430 g/mol. The van der Waals surface area contributed by atoms with Crippen molar-refractivity contribution in [1.29, 1.82) is 0 Å². The minimum absolute atomic E-state index is 0.0345. The Morgan fingerprint density at radius 2 is 1.90 bits per heavy atom. The van der Waals surface area contributed by atoms with Crippen molar-refractivity contribution in [3.05, 3.63) is 98.6 Å². The number of amides is 1. The van der Waals surface area contributed by atoms with Crippen LogP contribution < -0.4 is 16.2 Å². The van der Waals surface area contributed by atoms with Gasteiger partial charge in [0.2, 0.25) is 5.91 Å². The number of benzene rings is 3. The first-order valence-corrected chi connectivity index (χ1v) is 10.7. The molecule has 0 saturated carbocycles. The van der Waals surface area contributed by atoms with Crippen LogP contribution >= 0.6 is 11.8 Å². The molecular formula is C23H18N4O3S. The molecule has 0 unspecified atom stereocenters. The Kier molecular flexibility index (Phi) is 4.63. The summed E-state index contributed by atoms with van der Waals surface area (Å²) in [5, 5.41) is 17.1. The first-order valence-electron chi connectivity index (χ1n) is 9.69. The predicted octanol–water partition coefficient (Wildman–Crippen LogP) is 4.10. The van der Waals surface area contributed by atoms with Crippen LogP contribution in [0.4, 0.5) is 11.4 Å². The van der Waals surface area contributed by atoms with Crippen molar-refractivity contribution in [3.8, 4) is 0 Å². The monoisotopic (exact) mass is 430 g/mol. The summed E-state index contributed by atoms with van der Waals surface area (Å²) >= 11 is 1.70. The highest BCUT2D eigenvalue weighted by Crippen LogP contribution is 2.43. The number of non-ortho nitro benzene ring substituents is 1. The Labute approximate surface area is 182 Å². The summed E-state index contributed by atoms with van der Waals surface area (Å²) in [5.74, 6) is 0.400. The minimum atomic E-state index is -0.414. The molecule has 3 aromatic rings. The van der Waals surface area contributed by atoms with Crippen LogP contribution in [-0.4, -0.2) is 16.6 Å². The first kappa shape index (κ1) is 19.2. The van der Waals surface area contributed by atoms with Crippen LogP contribution in [0, 0.1) is 10.1 Å². The molecule has 0 bridgehead atoms. The van der Waals surface area contributed by atoms with Gasteiger partial charge in [0.15, 0.2) is 0 Å². The van der Waals surface area contributed by atoms with E-state index in [-0.39, 0.29) is 12.1 Å². The Morgan fingerprint density at radius 1 is 1.13 bits per heavy atom. The number of nitrogens with zero attached hydrogens (tertiary/aromatic N) is 2. The molecule has 2 aliphatic heterocycles. The number of fused-ring (bicyclic) bond motifs is 2. The van der Waals surface area contributed by atoms with E-state index in [1.807, 2.05) is 41.4 Å². The molecule has 0 aliphatic carbocycles. The molecule has 3 N–H and O–H groups in total. The van der Waals surface area contributed by atoms with Crippen LogP contribution in [0.2, 0.25) is 0 Å². The molecule has 154 valence electrons. The number of hydrogen-bond acceptors (Lipinski definition) is 6. The van der Waals surface area contributed by atoms with E-state index in [4.69, 9.17) is 5.73 Å². The van der Waals surface area contributed by atoms with Gasteiger partial charge in [-0.25, -0.2) is 0 Å². The van der Waals surface area contributed by atoms with Gasteiger partial charge in [-0.1, -0.05) is 36.4 Å². The number of nitro groups is 1. The van der Waals surface area contributed by atoms with Crippen LogP contribution in [0.15, 0.2) is 77.3 Å². The largest absolute Gasteiger partial charge is 0.369 e. The topological polar surface area (TPSA) is 102 Å². The second kappa shape index (κ2) is 7.48. The van der Waals surface area contributed by atoms with E-state index in [0.29, 0.717) is 0 Å². The molecule has 2 heterocycles. The number of hydrogen-bond donors (Lipinski definition) is 2. The fourth-order valence-corrected chi connectivity index (χ4v) is 4.98. The molecule has 0 fully saturated rings. The number of nitro benzene ring substituents is 1. The van der Waals surface area contributed by atoms with Gasteiger partial charge in [-0.2, -0.15) is 0 Å². The molecule has 0 atom stereocenters. The summed E-state index contributed by atoms with van der Waals surface area (Å²) in [6.45, 7) is 0. The summed E-state index contributed by atoms with van der Waals surface area (Å²) in [5.41, 5.74) is 14.7. The SMILES string of the molecule is NC(=O)Cc1c(C2=C3CSC=C3NN2c2ccc([N+](=O)[O-])cc2)ccc2ccccc12. The molecule has 0 aromatic heterocycles. The van der Waals surface area contributed by atoms with Crippen molar-refractivity contribution < 1.29 is 9.72 Å². The number of carbonyl (C=O) groups excluding carboxylic acids is 1. The molecular weight excluding hydrogens is 412 g/mol. The van der Waals surface area contributed by atoms with Crippen molar-refractivity contribution in [1.82, 2.24) is 5.43 Å². The Hall–Kier alpha value is -3.78. The van der Waals surface area contributed by atoms with Crippen LogP contribution in [-0.2, 0) is 11.2 Å². The third kappa shape index (κ3) is 3.30. The third-order valence-corrected chi connectivity index (χ3v) is 6.32. The van der Waals surface area contributed by atoms with Gasteiger partial charge in [0.1, 0.15) is 0 Å². The first-order chi connectivity index (χ1) is 15.0. The van der Waals surface area contributed by atoms with Gasteiger partial charge >= 0.3 is 0 Å². The molecule has 7 nitrogen and oxygen atoms in total. The fraction of sp³-hybridized carbons (Fsp3) is 0.0870. The lowest BCUT2D eigenvalue weighted by Gasteiger charge is -2.25. The number of carbonyl (C=O) groups is 1. The van der Waals surface area contributed by atoms with Gasteiger partial charge in [0.05, 0.1) is 28.4 Å². The van der Waals surface area contributed by atoms with Gasteiger partial charge in [-0.05, 0) is 33.9 Å². The van der Waals surface area contributed by atoms with Gasteiger partial charge in [-0.3, -0.25) is 25.3 Å². The molecule has 5 rings (SSSR count). The van der Waals surface area contributed by atoms with Crippen molar-refractivity contribution in [2.45, 2.75) is 6.42 Å². The van der Waals surface area contributed by atoms with E-state index in [1.54, 1.807) is 23.9 Å². The second-order valence-electron chi connectivity index (χ2n) is 7.35. The lowest BCUT2D eigenvalue weighted by atomic mass is 9.93. The minimum Gasteiger partial charge on any atom is -0.369 e. The molecule has 1 amide bonds. The van der Waals surface area contributed by atoms with E-state index in [9.17, 15) is 14.9 Å². The highest BCUT2D eigenvalue weighted by atomic mass is 32.2. The van der Waals surface area contributed by atoms with E-state index >= 15 is 0 Å². The van der Waals surface area contributed by atoms with E-state index in [1.165, 1.54) is 12.1 Å². The molecule has 0 radical (unpaired) electrons. The zero-order chi connectivity index (χ0) is 21.5. The number of anilines is 1. The Balaban J connectivity index is 1.70. The van der Waals surface area contributed by atoms with Crippen molar-refractivity contribution in [2.24, 2.45) is 5.73 Å². The van der Waals surface area contributed by atoms with Gasteiger partial charge < -0.3 is 5.73 Å². The number of thioether (sulfide) groups is 1.